The van der Waals surface area contributed by atoms with Crippen molar-refractivity contribution in [3.8, 4) is 0 Å². The minimum atomic E-state index is -0.440. The van der Waals surface area contributed by atoms with Gasteiger partial charge < -0.3 is 13.9 Å². The monoisotopic (exact) mass is 276 g/mol. The van der Waals surface area contributed by atoms with Crippen LogP contribution in [0.15, 0.2) is 21.2 Å². The van der Waals surface area contributed by atoms with Gasteiger partial charge >= 0.3 is 5.97 Å². The smallest absolute Gasteiger partial charge is 0.375 e. The first kappa shape index (κ1) is 12.3. The van der Waals surface area contributed by atoms with Gasteiger partial charge in [-0.15, -0.1) is 0 Å². The average Bonchev–Trinajstić information content (AvgIpc) is 2.64. The number of carbonyl (C=O) groups is 1. The second-order valence-electron chi connectivity index (χ2n) is 2.93. The summed E-state index contributed by atoms with van der Waals surface area (Å²) < 4.78 is 15.4. The molecular weight excluding hydrogens is 264 g/mol. The lowest BCUT2D eigenvalue weighted by Crippen LogP contribution is -2.06. The molecule has 0 saturated heterocycles. The predicted octanol–water partition coefficient (Wildman–Crippen LogP) is 2.63. The van der Waals surface area contributed by atoms with Crippen LogP contribution in [-0.2, 0) is 9.47 Å². The number of furan rings is 1. The molecule has 0 N–H and O–H groups in total. The highest BCUT2D eigenvalue weighted by Gasteiger charge is 2.14. The maximum Gasteiger partial charge on any atom is 0.375 e. The summed E-state index contributed by atoms with van der Waals surface area (Å²) in [6.45, 7) is 1.07. The summed E-state index contributed by atoms with van der Waals surface area (Å²) in [4.78, 5) is 11.4. The number of rotatable bonds is 6. The second-order valence-corrected chi connectivity index (χ2v) is 3.79. The van der Waals surface area contributed by atoms with Crippen LogP contribution in [0.1, 0.15) is 23.4 Å². The van der Waals surface area contributed by atoms with Crippen molar-refractivity contribution in [3.05, 3.63) is 22.6 Å². The number of hydrogen-bond acceptors (Lipinski definition) is 4. The van der Waals surface area contributed by atoms with Crippen LogP contribution in [0.5, 0.6) is 0 Å². The first-order valence-corrected chi connectivity index (χ1v) is 5.44. The lowest BCUT2D eigenvalue weighted by atomic mass is 10.3. The van der Waals surface area contributed by atoms with Crippen LogP contribution in [0, 0.1) is 0 Å². The van der Waals surface area contributed by atoms with Crippen LogP contribution in [0.25, 0.3) is 0 Å². The van der Waals surface area contributed by atoms with E-state index in [2.05, 4.69) is 15.9 Å². The van der Waals surface area contributed by atoms with E-state index in [0.29, 0.717) is 17.7 Å². The Kier molecular flexibility index (Phi) is 5.42. The summed E-state index contributed by atoms with van der Waals surface area (Å²) in [5.41, 5.74) is 0. The molecule has 1 rings (SSSR count). The molecular formula is C10H13BrO4. The number of esters is 1. The highest BCUT2D eigenvalue weighted by Crippen LogP contribution is 2.18. The minimum absolute atomic E-state index is 0.210. The number of unbranched alkanes of at least 4 members (excludes halogenated alkanes) is 1. The highest BCUT2D eigenvalue weighted by molar-refractivity contribution is 9.10. The van der Waals surface area contributed by atoms with E-state index in [9.17, 15) is 4.79 Å². The molecule has 0 aromatic carbocycles. The molecule has 0 fully saturated rings. The van der Waals surface area contributed by atoms with E-state index in [4.69, 9.17) is 13.9 Å². The molecule has 84 valence electrons. The van der Waals surface area contributed by atoms with Gasteiger partial charge in [0.25, 0.3) is 0 Å². The Morgan fingerprint density at radius 2 is 2.20 bits per heavy atom. The minimum Gasteiger partial charge on any atom is -0.460 e. The Bertz CT molecular complexity index is 308. The first-order valence-electron chi connectivity index (χ1n) is 4.64. The van der Waals surface area contributed by atoms with Gasteiger partial charge in [0.1, 0.15) is 0 Å². The van der Waals surface area contributed by atoms with Gasteiger partial charge in [0.2, 0.25) is 5.76 Å². The zero-order valence-corrected chi connectivity index (χ0v) is 10.1. The number of halogens is 1. The zero-order chi connectivity index (χ0) is 11.1. The number of methoxy groups -OCH3 is 1. The molecule has 15 heavy (non-hydrogen) atoms. The van der Waals surface area contributed by atoms with Crippen molar-refractivity contribution >= 4 is 21.9 Å². The maximum absolute atomic E-state index is 11.4. The Labute approximate surface area is 96.7 Å². The Morgan fingerprint density at radius 3 is 2.80 bits per heavy atom. The lowest BCUT2D eigenvalue weighted by molar-refractivity contribution is 0.0452. The van der Waals surface area contributed by atoms with Crippen LogP contribution in [0.4, 0.5) is 0 Å². The van der Waals surface area contributed by atoms with Crippen molar-refractivity contribution in [2.24, 2.45) is 0 Å². The number of hydrogen-bond donors (Lipinski definition) is 0. The molecule has 0 saturated carbocycles. The molecule has 1 aromatic rings. The molecule has 0 bridgehead atoms. The summed E-state index contributed by atoms with van der Waals surface area (Å²) in [6.07, 6.45) is 3.10. The van der Waals surface area contributed by atoms with Crippen LogP contribution in [0.2, 0.25) is 0 Å². The van der Waals surface area contributed by atoms with Gasteiger partial charge in [-0.25, -0.2) is 4.79 Å². The van der Waals surface area contributed by atoms with E-state index >= 15 is 0 Å². The summed E-state index contributed by atoms with van der Waals surface area (Å²) in [6, 6.07) is 1.65. The normalized spacial score (nSPS) is 10.3. The molecule has 0 spiro atoms. The largest absolute Gasteiger partial charge is 0.460 e. The molecule has 0 atom stereocenters. The SMILES string of the molecule is COCCCCOC(=O)c1occc1Br. The van der Waals surface area contributed by atoms with Crippen LogP contribution >= 0.6 is 15.9 Å². The highest BCUT2D eigenvalue weighted by atomic mass is 79.9. The van der Waals surface area contributed by atoms with Crippen molar-refractivity contribution in [1.29, 1.82) is 0 Å². The van der Waals surface area contributed by atoms with E-state index in [1.165, 1.54) is 6.26 Å². The van der Waals surface area contributed by atoms with Gasteiger partial charge in [-0.05, 0) is 34.8 Å². The third-order valence-electron chi connectivity index (χ3n) is 1.78. The Balaban J connectivity index is 2.22. The number of ether oxygens (including phenoxy) is 2. The zero-order valence-electron chi connectivity index (χ0n) is 8.49. The predicted molar refractivity (Wildman–Crippen MR) is 57.8 cm³/mol. The molecule has 0 amide bonds. The molecule has 0 aliphatic carbocycles. The van der Waals surface area contributed by atoms with E-state index in [1.54, 1.807) is 13.2 Å². The van der Waals surface area contributed by atoms with Crippen molar-refractivity contribution in [3.63, 3.8) is 0 Å². The molecule has 0 radical (unpaired) electrons. The first-order chi connectivity index (χ1) is 7.25. The Hall–Kier alpha value is -0.810. The molecule has 0 aliphatic heterocycles. The average molecular weight is 277 g/mol. The molecule has 1 heterocycles. The summed E-state index contributed by atoms with van der Waals surface area (Å²) in [5, 5.41) is 0. The van der Waals surface area contributed by atoms with Crippen LogP contribution < -0.4 is 0 Å². The van der Waals surface area contributed by atoms with E-state index in [1.807, 2.05) is 0 Å². The summed E-state index contributed by atoms with van der Waals surface area (Å²) in [7, 11) is 1.64. The van der Waals surface area contributed by atoms with Crippen molar-refractivity contribution in [1.82, 2.24) is 0 Å². The van der Waals surface area contributed by atoms with Gasteiger partial charge in [0.05, 0.1) is 17.3 Å². The maximum atomic E-state index is 11.4. The Morgan fingerprint density at radius 1 is 1.47 bits per heavy atom. The molecule has 0 aliphatic rings. The fourth-order valence-corrected chi connectivity index (χ4v) is 1.38. The van der Waals surface area contributed by atoms with Gasteiger partial charge in [-0.1, -0.05) is 0 Å². The van der Waals surface area contributed by atoms with Crippen molar-refractivity contribution in [2.75, 3.05) is 20.3 Å². The van der Waals surface area contributed by atoms with E-state index in [0.717, 1.165) is 12.8 Å². The fraction of sp³-hybridized carbons (Fsp3) is 0.500. The van der Waals surface area contributed by atoms with E-state index < -0.39 is 5.97 Å². The standard InChI is InChI=1S/C10H13BrO4/c1-13-5-2-3-6-15-10(12)9-8(11)4-7-14-9/h4,7H,2-3,5-6H2,1H3. The van der Waals surface area contributed by atoms with Gasteiger partial charge in [0, 0.05) is 13.7 Å². The topological polar surface area (TPSA) is 48.7 Å². The lowest BCUT2D eigenvalue weighted by Gasteiger charge is -2.02. The summed E-state index contributed by atoms with van der Waals surface area (Å²) >= 11 is 3.19. The fourth-order valence-electron chi connectivity index (χ4n) is 1.02. The number of carbonyl (C=O) groups excluding carboxylic acids is 1. The summed E-state index contributed by atoms with van der Waals surface area (Å²) in [5.74, 6) is -0.231. The molecule has 5 heteroatoms. The van der Waals surface area contributed by atoms with Gasteiger partial charge in [-0.2, -0.15) is 0 Å². The molecule has 0 unspecified atom stereocenters. The quantitative estimate of drug-likeness (QED) is 0.592. The van der Waals surface area contributed by atoms with Crippen LogP contribution in [-0.4, -0.2) is 26.3 Å². The van der Waals surface area contributed by atoms with Gasteiger partial charge in [-0.3, -0.25) is 0 Å². The molecule has 1 aromatic heterocycles. The third-order valence-corrected chi connectivity index (χ3v) is 2.40. The second kappa shape index (κ2) is 6.63. The van der Waals surface area contributed by atoms with E-state index in [-0.39, 0.29) is 5.76 Å². The van der Waals surface area contributed by atoms with Crippen molar-refractivity contribution in [2.45, 2.75) is 12.8 Å². The van der Waals surface area contributed by atoms with Crippen molar-refractivity contribution < 1.29 is 18.7 Å². The van der Waals surface area contributed by atoms with Crippen LogP contribution in [0.3, 0.4) is 0 Å². The molecule has 4 nitrogen and oxygen atoms in total. The third kappa shape index (κ3) is 4.05. The van der Waals surface area contributed by atoms with Gasteiger partial charge in [0.15, 0.2) is 0 Å².